The van der Waals surface area contributed by atoms with Gasteiger partial charge in [-0.15, -0.1) is 0 Å². The molecule has 1 saturated carbocycles. The zero-order chi connectivity index (χ0) is 19.8. The number of hydrogen-bond acceptors (Lipinski definition) is 5. The third-order valence-electron chi connectivity index (χ3n) is 5.90. The maximum atomic E-state index is 13.1. The molecular formula is C20H25ClN3O4-. The topological polar surface area (TPSA) is 84.9 Å². The molecule has 3 aliphatic heterocycles. The predicted molar refractivity (Wildman–Crippen MR) is 106 cm³/mol. The van der Waals surface area contributed by atoms with Crippen LogP contribution in [0, 0.1) is 17.0 Å². The van der Waals surface area contributed by atoms with E-state index in [0.717, 1.165) is 38.8 Å². The van der Waals surface area contributed by atoms with Crippen LogP contribution in [0.25, 0.3) is 0 Å². The molecule has 1 aromatic rings. The number of carbonyl (C=O) groups is 2. The average Bonchev–Trinajstić information content (AvgIpc) is 3.52. The van der Waals surface area contributed by atoms with E-state index in [-0.39, 0.29) is 28.5 Å². The molecule has 5 rings (SSSR count). The number of nitrogens with one attached hydrogen (secondary N) is 1. The number of hydrogen-bond donors (Lipinski definition) is 1. The van der Waals surface area contributed by atoms with Crippen molar-refractivity contribution in [3.8, 4) is 5.75 Å². The summed E-state index contributed by atoms with van der Waals surface area (Å²) >= 11 is 6.27. The normalized spacial score (nSPS) is 26.0. The molecule has 4 fully saturated rings. The van der Waals surface area contributed by atoms with E-state index < -0.39 is 5.91 Å². The summed E-state index contributed by atoms with van der Waals surface area (Å²) in [5.41, 5.74) is 0.531. The van der Waals surface area contributed by atoms with Gasteiger partial charge in [0.1, 0.15) is 5.75 Å². The largest absolute Gasteiger partial charge is 0.756 e. The minimum absolute atomic E-state index is 0.159. The Morgan fingerprint density at radius 1 is 1.29 bits per heavy atom. The molecule has 0 spiro atoms. The minimum Gasteiger partial charge on any atom is -0.756 e. The number of anilines is 1. The lowest BCUT2D eigenvalue weighted by Crippen LogP contribution is -2.57. The molecule has 1 aliphatic carbocycles. The van der Waals surface area contributed by atoms with E-state index in [9.17, 15) is 14.8 Å². The predicted octanol–water partition coefficient (Wildman–Crippen LogP) is 3.12. The van der Waals surface area contributed by atoms with Gasteiger partial charge in [-0.3, -0.25) is 9.59 Å². The molecule has 1 unspecified atom stereocenters. The van der Waals surface area contributed by atoms with Crippen molar-refractivity contribution in [2.75, 3.05) is 31.6 Å². The summed E-state index contributed by atoms with van der Waals surface area (Å²) in [6.45, 7) is 4.48. The van der Waals surface area contributed by atoms with Gasteiger partial charge in [-0.25, -0.2) is 0 Å². The van der Waals surface area contributed by atoms with Crippen LogP contribution >= 0.6 is 11.6 Å². The highest BCUT2D eigenvalue weighted by Crippen LogP contribution is 2.36. The van der Waals surface area contributed by atoms with E-state index >= 15 is 0 Å². The SMILES string of the molecule is CC(=O)Nc1cc(OCC2CC2)c(C(=O)N([O-])C2CN3CCC2CC3)cc1Cl. The maximum absolute atomic E-state index is 13.1. The quantitative estimate of drug-likeness (QED) is 0.733. The molecule has 1 aromatic carbocycles. The Labute approximate surface area is 169 Å². The highest BCUT2D eigenvalue weighted by Gasteiger charge is 2.37. The molecular weight excluding hydrogens is 382 g/mol. The number of ether oxygens (including phenoxy) is 1. The summed E-state index contributed by atoms with van der Waals surface area (Å²) in [5.74, 6) is 0.129. The summed E-state index contributed by atoms with van der Waals surface area (Å²) in [7, 11) is 0. The van der Waals surface area contributed by atoms with Crippen molar-refractivity contribution >= 4 is 29.1 Å². The summed E-state index contributed by atoms with van der Waals surface area (Å²) < 4.78 is 5.85. The highest BCUT2D eigenvalue weighted by molar-refractivity contribution is 6.34. The zero-order valence-corrected chi connectivity index (χ0v) is 16.7. The highest BCUT2D eigenvalue weighted by atomic mass is 35.5. The lowest BCUT2D eigenvalue weighted by Gasteiger charge is -2.51. The van der Waals surface area contributed by atoms with Crippen LogP contribution in [0.3, 0.4) is 0 Å². The molecule has 2 amide bonds. The standard InChI is InChI=1S/C20H25ClN3O4/c1-12(25)22-17-9-19(28-11-13-2-3-13)15(8-16(17)21)20(26)24(27)18-10-23-6-4-14(18)5-7-23/h8-9,13-14,18H,2-7,10-11H2,1H3,(H,22,25)/q-1. The number of carbonyl (C=O) groups excluding carboxylic acids is 2. The average molecular weight is 407 g/mol. The van der Waals surface area contributed by atoms with Gasteiger partial charge in [-0.1, -0.05) is 11.6 Å². The molecule has 3 heterocycles. The zero-order valence-electron chi connectivity index (χ0n) is 15.9. The fourth-order valence-electron chi connectivity index (χ4n) is 4.09. The molecule has 4 aliphatic rings. The maximum Gasteiger partial charge on any atom is 0.247 e. The fourth-order valence-corrected chi connectivity index (χ4v) is 4.30. The monoisotopic (exact) mass is 406 g/mol. The Balaban J connectivity index is 1.59. The van der Waals surface area contributed by atoms with Gasteiger partial charge in [0.2, 0.25) is 11.8 Å². The van der Waals surface area contributed by atoms with Crippen LogP contribution in [0.1, 0.15) is 43.0 Å². The molecule has 8 heteroatoms. The van der Waals surface area contributed by atoms with Crippen molar-refractivity contribution in [2.45, 2.75) is 38.6 Å². The Morgan fingerprint density at radius 2 is 2.00 bits per heavy atom. The molecule has 1 atom stereocenters. The van der Waals surface area contributed by atoms with E-state index in [2.05, 4.69) is 10.2 Å². The Bertz CT molecular complexity index is 775. The van der Waals surface area contributed by atoms with E-state index in [1.807, 2.05) is 0 Å². The van der Waals surface area contributed by atoms with Crippen molar-refractivity contribution in [1.29, 1.82) is 0 Å². The van der Waals surface area contributed by atoms with Crippen LogP contribution in [0.4, 0.5) is 5.69 Å². The second-order valence-corrected chi connectivity index (χ2v) is 8.51. The lowest BCUT2D eigenvalue weighted by atomic mass is 9.83. The van der Waals surface area contributed by atoms with Crippen LogP contribution < -0.4 is 10.1 Å². The lowest BCUT2D eigenvalue weighted by molar-refractivity contribution is -0.114. The van der Waals surface area contributed by atoms with E-state index in [1.165, 1.54) is 13.0 Å². The number of hydroxylamine groups is 2. The van der Waals surface area contributed by atoms with Crippen LogP contribution in [0.15, 0.2) is 12.1 Å². The molecule has 28 heavy (non-hydrogen) atoms. The Morgan fingerprint density at radius 3 is 2.57 bits per heavy atom. The smallest absolute Gasteiger partial charge is 0.247 e. The van der Waals surface area contributed by atoms with Gasteiger partial charge < -0.3 is 25.2 Å². The number of nitrogens with zero attached hydrogens (tertiary/aromatic N) is 2. The van der Waals surface area contributed by atoms with Gasteiger partial charge in [-0.05, 0) is 56.7 Å². The summed E-state index contributed by atoms with van der Waals surface area (Å²) in [5, 5.41) is 16.4. The van der Waals surface area contributed by atoms with Gasteiger partial charge in [0.15, 0.2) is 0 Å². The van der Waals surface area contributed by atoms with Crippen LogP contribution in [0.5, 0.6) is 5.75 Å². The van der Waals surface area contributed by atoms with Crippen molar-refractivity contribution < 1.29 is 14.3 Å². The first-order valence-corrected chi connectivity index (χ1v) is 10.3. The van der Waals surface area contributed by atoms with Gasteiger partial charge in [0, 0.05) is 25.6 Å². The third-order valence-corrected chi connectivity index (χ3v) is 6.22. The van der Waals surface area contributed by atoms with Crippen LogP contribution in [0.2, 0.25) is 5.02 Å². The number of rotatable bonds is 6. The molecule has 7 nitrogen and oxygen atoms in total. The number of fused-ring (bicyclic) bond motifs is 3. The second kappa shape index (κ2) is 7.89. The Kier molecular flexibility index (Phi) is 5.49. The number of halogens is 1. The molecule has 152 valence electrons. The first kappa shape index (κ1) is 19.5. The molecule has 1 N–H and O–H groups in total. The van der Waals surface area contributed by atoms with Crippen molar-refractivity contribution in [2.24, 2.45) is 11.8 Å². The number of piperidine rings is 3. The van der Waals surface area contributed by atoms with Crippen molar-refractivity contribution in [1.82, 2.24) is 9.96 Å². The molecule has 2 bridgehead atoms. The first-order valence-electron chi connectivity index (χ1n) is 9.89. The summed E-state index contributed by atoms with van der Waals surface area (Å²) in [6, 6.07) is 2.65. The van der Waals surface area contributed by atoms with Crippen molar-refractivity contribution in [3.05, 3.63) is 27.9 Å². The fraction of sp³-hybridized carbons (Fsp3) is 0.600. The summed E-state index contributed by atoms with van der Waals surface area (Å²) in [4.78, 5) is 26.7. The van der Waals surface area contributed by atoms with Crippen molar-refractivity contribution in [3.63, 3.8) is 0 Å². The summed E-state index contributed by atoms with van der Waals surface area (Å²) in [6.07, 6.45) is 4.10. The number of amides is 2. The van der Waals surface area contributed by atoms with Crippen LogP contribution in [-0.4, -0.2) is 54.1 Å². The van der Waals surface area contributed by atoms with Crippen LogP contribution in [-0.2, 0) is 4.79 Å². The first-order chi connectivity index (χ1) is 13.4. The van der Waals surface area contributed by atoms with Gasteiger partial charge in [0.05, 0.1) is 22.9 Å². The minimum atomic E-state index is -0.624. The molecule has 0 aromatic heterocycles. The van der Waals surface area contributed by atoms with E-state index in [1.54, 1.807) is 6.07 Å². The van der Waals surface area contributed by atoms with Gasteiger partial charge in [-0.2, -0.15) is 0 Å². The Hall–Kier alpha value is -1.83. The third kappa shape index (κ3) is 4.11. The van der Waals surface area contributed by atoms with E-state index in [0.29, 0.717) is 35.6 Å². The molecule has 0 radical (unpaired) electrons. The van der Waals surface area contributed by atoms with Gasteiger partial charge in [0.25, 0.3) is 0 Å². The molecule has 3 saturated heterocycles. The number of benzene rings is 1. The second-order valence-electron chi connectivity index (χ2n) is 8.10. The van der Waals surface area contributed by atoms with E-state index in [4.69, 9.17) is 16.3 Å². The van der Waals surface area contributed by atoms with Gasteiger partial charge >= 0.3 is 0 Å².